The summed E-state index contributed by atoms with van der Waals surface area (Å²) in [5.74, 6) is -1.03. The van der Waals surface area contributed by atoms with Gasteiger partial charge in [0, 0.05) is 19.0 Å². The molecule has 1 aromatic carbocycles. The van der Waals surface area contributed by atoms with Crippen LogP contribution in [0.5, 0.6) is 0 Å². The minimum atomic E-state index is -3.24. The van der Waals surface area contributed by atoms with Gasteiger partial charge in [-0.3, -0.25) is 9.59 Å². The predicted octanol–water partition coefficient (Wildman–Crippen LogP) is 1.28. The highest BCUT2D eigenvalue weighted by molar-refractivity contribution is 7.88. The Hall–Kier alpha value is -2.04. The van der Waals surface area contributed by atoms with Crippen LogP contribution in [-0.4, -0.2) is 55.6 Å². The molecule has 8 nitrogen and oxygen atoms in total. The Labute approximate surface area is 167 Å². The van der Waals surface area contributed by atoms with Crippen molar-refractivity contribution in [2.75, 3.05) is 26.5 Å². The SMILES string of the molecule is COC(=O)Cn1c(=NC(=O)C2CCN(S(C)(=O)=O)CC2)sc2cc(C)ccc21. The van der Waals surface area contributed by atoms with Crippen LogP contribution in [0.15, 0.2) is 23.2 Å². The maximum atomic E-state index is 12.7. The number of benzene rings is 1. The number of thiazole rings is 1. The number of fused-ring (bicyclic) bond motifs is 1. The van der Waals surface area contributed by atoms with E-state index >= 15 is 0 Å². The molecule has 10 heteroatoms. The fourth-order valence-corrected chi connectivity index (χ4v) is 5.24. The fraction of sp³-hybridized carbons (Fsp3) is 0.500. The standard InChI is InChI=1S/C18H23N3O5S2/c1-12-4-5-14-15(10-12)27-18(21(14)11-16(22)26-2)19-17(23)13-6-8-20(9-7-13)28(3,24)25/h4-5,10,13H,6-9,11H2,1-3H3. The van der Waals surface area contributed by atoms with Crippen LogP contribution < -0.4 is 4.80 Å². The molecular weight excluding hydrogens is 402 g/mol. The van der Waals surface area contributed by atoms with E-state index in [4.69, 9.17) is 4.74 Å². The molecule has 0 saturated carbocycles. The number of ether oxygens (including phenoxy) is 1. The highest BCUT2D eigenvalue weighted by atomic mass is 32.2. The van der Waals surface area contributed by atoms with Crippen molar-refractivity contribution in [2.45, 2.75) is 26.3 Å². The van der Waals surface area contributed by atoms with Gasteiger partial charge >= 0.3 is 5.97 Å². The first kappa shape index (κ1) is 20.7. The van der Waals surface area contributed by atoms with Crippen molar-refractivity contribution < 1.29 is 22.7 Å². The zero-order valence-corrected chi connectivity index (χ0v) is 17.7. The van der Waals surface area contributed by atoms with Crippen LogP contribution in [0.25, 0.3) is 10.2 Å². The molecule has 0 bridgehead atoms. The number of carbonyl (C=O) groups is 2. The second-order valence-electron chi connectivity index (χ2n) is 6.90. The molecule has 1 aliphatic heterocycles. The average Bonchev–Trinajstić information content (AvgIpc) is 2.97. The molecule has 0 N–H and O–H groups in total. The van der Waals surface area contributed by atoms with Crippen LogP contribution >= 0.6 is 11.3 Å². The number of carbonyl (C=O) groups excluding carboxylic acids is 2. The number of hydrogen-bond acceptors (Lipinski definition) is 6. The van der Waals surface area contributed by atoms with Crippen molar-refractivity contribution >= 4 is 43.5 Å². The molecular formula is C18H23N3O5S2. The van der Waals surface area contributed by atoms with Gasteiger partial charge in [-0.1, -0.05) is 17.4 Å². The van der Waals surface area contributed by atoms with E-state index in [1.165, 1.54) is 29.0 Å². The summed E-state index contributed by atoms with van der Waals surface area (Å²) in [6, 6.07) is 5.83. The zero-order valence-electron chi connectivity index (χ0n) is 16.0. The Morgan fingerprint density at radius 1 is 1.29 bits per heavy atom. The summed E-state index contributed by atoms with van der Waals surface area (Å²) in [6.45, 7) is 2.58. The minimum absolute atomic E-state index is 0.0296. The first-order valence-electron chi connectivity index (χ1n) is 8.89. The van der Waals surface area contributed by atoms with Gasteiger partial charge in [-0.25, -0.2) is 12.7 Å². The van der Waals surface area contributed by atoms with Gasteiger partial charge < -0.3 is 9.30 Å². The van der Waals surface area contributed by atoms with Gasteiger partial charge in [0.05, 0.1) is 23.6 Å². The van der Waals surface area contributed by atoms with E-state index in [2.05, 4.69) is 4.99 Å². The normalized spacial score (nSPS) is 17.2. The molecule has 1 amide bonds. The number of methoxy groups -OCH3 is 1. The molecule has 3 rings (SSSR count). The Bertz CT molecular complexity index is 1080. The molecule has 1 aromatic heterocycles. The summed E-state index contributed by atoms with van der Waals surface area (Å²) in [6.07, 6.45) is 2.06. The molecule has 2 aromatic rings. The summed E-state index contributed by atoms with van der Waals surface area (Å²) in [5.41, 5.74) is 1.89. The lowest BCUT2D eigenvalue weighted by Crippen LogP contribution is -2.39. The number of piperidine rings is 1. The van der Waals surface area contributed by atoms with Crippen LogP contribution in [0.4, 0.5) is 0 Å². The number of esters is 1. The molecule has 1 saturated heterocycles. The van der Waals surface area contributed by atoms with Crippen molar-refractivity contribution in [2.24, 2.45) is 10.9 Å². The number of aromatic nitrogens is 1. The Morgan fingerprint density at radius 2 is 1.96 bits per heavy atom. The van der Waals surface area contributed by atoms with Crippen molar-refractivity contribution in [1.29, 1.82) is 0 Å². The van der Waals surface area contributed by atoms with Gasteiger partial charge in [0.1, 0.15) is 6.54 Å². The van der Waals surface area contributed by atoms with Gasteiger partial charge in [0.15, 0.2) is 4.80 Å². The van der Waals surface area contributed by atoms with Crippen LogP contribution in [0.1, 0.15) is 18.4 Å². The largest absolute Gasteiger partial charge is 0.468 e. The van der Waals surface area contributed by atoms with Crippen molar-refractivity contribution in [3.63, 3.8) is 0 Å². The molecule has 0 spiro atoms. The molecule has 0 aliphatic carbocycles. The van der Waals surface area contributed by atoms with Crippen molar-refractivity contribution in [3.8, 4) is 0 Å². The highest BCUT2D eigenvalue weighted by Gasteiger charge is 2.29. The first-order valence-corrected chi connectivity index (χ1v) is 11.6. The van der Waals surface area contributed by atoms with E-state index in [0.29, 0.717) is 30.7 Å². The number of amides is 1. The summed E-state index contributed by atoms with van der Waals surface area (Å²) < 4.78 is 32.0. The van der Waals surface area contributed by atoms with Gasteiger partial charge in [-0.15, -0.1) is 0 Å². The van der Waals surface area contributed by atoms with Crippen molar-refractivity contribution in [3.05, 3.63) is 28.6 Å². The third-order valence-corrected chi connectivity index (χ3v) is 7.18. The number of aryl methyl sites for hydroxylation is 1. The van der Waals surface area contributed by atoms with Crippen LogP contribution in [0.3, 0.4) is 0 Å². The molecule has 28 heavy (non-hydrogen) atoms. The van der Waals surface area contributed by atoms with E-state index in [1.807, 2.05) is 25.1 Å². The Morgan fingerprint density at radius 3 is 2.57 bits per heavy atom. The van der Waals surface area contributed by atoms with Gasteiger partial charge in [0.2, 0.25) is 10.0 Å². The quantitative estimate of drug-likeness (QED) is 0.688. The number of rotatable bonds is 4. The van der Waals surface area contributed by atoms with E-state index in [1.54, 1.807) is 4.57 Å². The monoisotopic (exact) mass is 425 g/mol. The highest BCUT2D eigenvalue weighted by Crippen LogP contribution is 2.22. The lowest BCUT2D eigenvalue weighted by molar-refractivity contribution is -0.141. The molecule has 0 radical (unpaired) electrons. The van der Waals surface area contributed by atoms with E-state index < -0.39 is 16.0 Å². The molecule has 1 fully saturated rings. The zero-order chi connectivity index (χ0) is 20.5. The second-order valence-corrected chi connectivity index (χ2v) is 9.90. The topological polar surface area (TPSA) is 98.0 Å². The maximum Gasteiger partial charge on any atom is 0.325 e. The fourth-order valence-electron chi connectivity index (χ4n) is 3.23. The molecule has 0 atom stereocenters. The summed E-state index contributed by atoms with van der Waals surface area (Å²) in [4.78, 5) is 29.3. The van der Waals surface area contributed by atoms with Crippen molar-refractivity contribution in [1.82, 2.24) is 8.87 Å². The molecule has 2 heterocycles. The maximum absolute atomic E-state index is 12.7. The molecule has 0 unspecified atom stereocenters. The number of hydrogen-bond donors (Lipinski definition) is 0. The summed E-state index contributed by atoms with van der Waals surface area (Å²) in [7, 11) is -1.92. The molecule has 1 aliphatic rings. The first-order chi connectivity index (χ1) is 13.2. The predicted molar refractivity (Wildman–Crippen MR) is 106 cm³/mol. The Kier molecular flexibility index (Phi) is 6.01. The van der Waals surface area contributed by atoms with Crippen LogP contribution in [-0.2, 0) is 30.9 Å². The van der Waals surface area contributed by atoms with E-state index in [9.17, 15) is 18.0 Å². The summed E-state index contributed by atoms with van der Waals surface area (Å²) >= 11 is 1.35. The number of sulfonamides is 1. The number of nitrogens with zero attached hydrogens (tertiary/aromatic N) is 3. The second kappa shape index (κ2) is 8.14. The van der Waals surface area contributed by atoms with E-state index in [0.717, 1.165) is 15.8 Å². The van der Waals surface area contributed by atoms with Gasteiger partial charge in [0.25, 0.3) is 5.91 Å². The summed E-state index contributed by atoms with van der Waals surface area (Å²) in [5, 5.41) is 0. The minimum Gasteiger partial charge on any atom is -0.468 e. The third-order valence-electron chi connectivity index (χ3n) is 4.83. The lowest BCUT2D eigenvalue weighted by Gasteiger charge is -2.28. The van der Waals surface area contributed by atoms with Gasteiger partial charge in [-0.2, -0.15) is 4.99 Å². The van der Waals surface area contributed by atoms with Crippen LogP contribution in [0.2, 0.25) is 0 Å². The average molecular weight is 426 g/mol. The lowest BCUT2D eigenvalue weighted by atomic mass is 9.98. The smallest absolute Gasteiger partial charge is 0.325 e. The van der Waals surface area contributed by atoms with Crippen LogP contribution in [0, 0.1) is 12.8 Å². The third kappa shape index (κ3) is 4.50. The Balaban J connectivity index is 1.91. The molecule has 152 valence electrons. The van der Waals surface area contributed by atoms with Gasteiger partial charge in [-0.05, 0) is 37.5 Å². The van der Waals surface area contributed by atoms with E-state index in [-0.39, 0.29) is 18.4 Å².